The van der Waals surface area contributed by atoms with Gasteiger partial charge >= 0.3 is 0 Å². The van der Waals surface area contributed by atoms with Gasteiger partial charge in [-0.2, -0.15) is 0 Å². The van der Waals surface area contributed by atoms with Gasteiger partial charge in [-0.1, -0.05) is 164 Å². The first-order valence-electron chi connectivity index (χ1n) is 18.6. The lowest BCUT2D eigenvalue weighted by Gasteiger charge is -2.30. The molecule has 6 aromatic carbocycles. The fourth-order valence-corrected chi connectivity index (χ4v) is 10.3. The third-order valence-electron chi connectivity index (χ3n) is 12.2. The summed E-state index contributed by atoms with van der Waals surface area (Å²) in [6, 6.07) is 53.4. The lowest BCUT2D eigenvalue weighted by molar-refractivity contribution is 0.510. The van der Waals surface area contributed by atoms with Crippen molar-refractivity contribution < 1.29 is 0 Å². The number of hydrogen-bond acceptors (Lipinski definition) is 2. The van der Waals surface area contributed by atoms with Crippen LogP contribution in [0.1, 0.15) is 51.4 Å². The number of likely N-dealkylation sites (N-methyl/N-ethyl adjacent to an activating group) is 1. The highest BCUT2D eigenvalue weighted by atomic mass is 15.1. The van der Waals surface area contributed by atoms with Crippen LogP contribution in [0.15, 0.2) is 193 Å². The highest BCUT2D eigenvalue weighted by molar-refractivity contribution is 6.01. The van der Waals surface area contributed by atoms with E-state index in [-0.39, 0.29) is 5.41 Å². The minimum atomic E-state index is -0.435. The number of hydrogen-bond donors (Lipinski definition) is 1. The Morgan fingerprint density at radius 3 is 1.26 bits per heavy atom. The smallest absolute Gasteiger partial charge is 0.0739 e. The summed E-state index contributed by atoms with van der Waals surface area (Å²) in [5.41, 5.74) is 26.6. The van der Waals surface area contributed by atoms with E-state index in [1.807, 2.05) is 6.20 Å². The lowest BCUT2D eigenvalue weighted by Crippen LogP contribution is -2.26. The van der Waals surface area contributed by atoms with Crippen LogP contribution in [0, 0.1) is 0 Å². The zero-order valence-corrected chi connectivity index (χ0v) is 30.1. The summed E-state index contributed by atoms with van der Waals surface area (Å²) in [4.78, 5) is 2.26. The maximum absolute atomic E-state index is 6.66. The van der Waals surface area contributed by atoms with Crippen molar-refractivity contribution in [2.75, 3.05) is 13.6 Å². The minimum absolute atomic E-state index is 0.331. The molecule has 53 heavy (non-hydrogen) atoms. The molecule has 0 unspecified atom stereocenters. The molecule has 0 bridgehead atoms. The molecule has 0 atom stereocenters. The zero-order chi connectivity index (χ0) is 35.7. The predicted molar refractivity (Wildman–Crippen MR) is 220 cm³/mol. The number of fused-ring (bicyclic) bond motifs is 14. The summed E-state index contributed by atoms with van der Waals surface area (Å²) in [5.74, 6) is 0. The monoisotopic (exact) mass is 680 g/mol. The zero-order valence-electron chi connectivity index (χ0n) is 30.1. The third-order valence-corrected chi connectivity index (χ3v) is 12.2. The summed E-state index contributed by atoms with van der Waals surface area (Å²) in [5, 5.41) is 0. The average Bonchev–Trinajstić information content (AvgIpc) is 3.88. The van der Waals surface area contributed by atoms with Crippen molar-refractivity contribution in [1.82, 2.24) is 4.90 Å². The number of benzene rings is 6. The molecule has 2 nitrogen and oxygen atoms in total. The molecule has 0 saturated heterocycles. The quantitative estimate of drug-likeness (QED) is 0.201. The third kappa shape index (κ3) is 4.04. The van der Waals surface area contributed by atoms with Gasteiger partial charge in [-0.15, -0.1) is 0 Å². The van der Waals surface area contributed by atoms with Crippen LogP contribution in [-0.2, 0) is 10.8 Å². The Bertz CT molecular complexity index is 2550. The Morgan fingerprint density at radius 1 is 0.491 bits per heavy atom. The highest BCUT2D eigenvalue weighted by Crippen LogP contribution is 2.65. The largest absolute Gasteiger partial charge is 0.404 e. The van der Waals surface area contributed by atoms with E-state index in [0.717, 1.165) is 12.1 Å². The van der Waals surface area contributed by atoms with Gasteiger partial charge in [0.1, 0.15) is 0 Å². The Balaban J connectivity index is 1.02. The fraction of sp³-hybridized carbons (Fsp3) is 0.0980. The molecule has 0 aromatic heterocycles. The van der Waals surface area contributed by atoms with Crippen LogP contribution in [-0.4, -0.2) is 18.5 Å². The van der Waals surface area contributed by atoms with E-state index in [0.29, 0.717) is 0 Å². The van der Waals surface area contributed by atoms with Crippen LogP contribution >= 0.6 is 0 Å². The minimum Gasteiger partial charge on any atom is -0.404 e. The van der Waals surface area contributed by atoms with Crippen molar-refractivity contribution in [2.45, 2.75) is 17.8 Å². The predicted octanol–water partition coefficient (Wildman–Crippen LogP) is 11.0. The SMILES string of the molecule is C\C=C1/C(=C\C=C\N(C)C/C=C2\C(=C/N)C3(c4ccccc42)c2ccccc2-c2ccccc23)c2ccccc2C12c1ccccc1-c1ccccc12. The van der Waals surface area contributed by atoms with Crippen molar-refractivity contribution >= 4 is 11.1 Å². The summed E-state index contributed by atoms with van der Waals surface area (Å²) in [7, 11) is 2.15. The lowest BCUT2D eigenvalue weighted by atomic mass is 9.70. The van der Waals surface area contributed by atoms with Gasteiger partial charge in [-0.3, -0.25) is 0 Å². The second-order valence-electron chi connectivity index (χ2n) is 14.5. The van der Waals surface area contributed by atoms with Crippen LogP contribution < -0.4 is 5.73 Å². The first kappa shape index (κ1) is 31.4. The number of allylic oxidation sites excluding steroid dienone is 7. The maximum Gasteiger partial charge on any atom is 0.0739 e. The van der Waals surface area contributed by atoms with Gasteiger partial charge < -0.3 is 10.6 Å². The number of nitrogens with zero attached hydrogens (tertiary/aromatic N) is 1. The van der Waals surface area contributed by atoms with Crippen LogP contribution in [0.4, 0.5) is 0 Å². The van der Waals surface area contributed by atoms with Gasteiger partial charge in [-0.05, 0) is 114 Å². The maximum atomic E-state index is 6.66. The molecule has 2 spiro atoms. The van der Waals surface area contributed by atoms with Gasteiger partial charge in [0, 0.05) is 13.6 Å². The Hall–Kier alpha value is -6.38. The number of nitrogens with two attached hydrogens (primary N) is 1. The standard InChI is InChI=1S/C51H40N2/c1-3-42-34(35-17-4-10-24-43(35)50(42)44-25-11-5-18-36(44)37-19-6-12-26-45(37)50)23-16-31-53(2)32-30-41-40-22-9-15-29-48(40)51(49(41)33-52)46-27-13-7-20-38(46)39-21-8-14-28-47(39)51/h3-31,33H,32,52H2,1-2H3/b31-16+,34-23-,41-30-,42-3+,49-33+. The molecule has 10 rings (SSSR count). The molecule has 6 aromatic rings. The van der Waals surface area contributed by atoms with E-state index in [2.05, 4.69) is 195 Å². The second kappa shape index (κ2) is 11.8. The van der Waals surface area contributed by atoms with Gasteiger partial charge in [0.15, 0.2) is 0 Å². The van der Waals surface area contributed by atoms with E-state index in [1.165, 1.54) is 83.5 Å². The molecular formula is C51H40N2. The molecular weight excluding hydrogens is 641 g/mol. The van der Waals surface area contributed by atoms with Gasteiger partial charge in [0.2, 0.25) is 0 Å². The molecule has 4 aliphatic carbocycles. The molecule has 2 heteroatoms. The molecule has 0 radical (unpaired) electrons. The van der Waals surface area contributed by atoms with Gasteiger partial charge in [0.05, 0.1) is 10.8 Å². The summed E-state index contributed by atoms with van der Waals surface area (Å²) in [6.07, 6.45) is 13.3. The molecule has 0 amide bonds. The van der Waals surface area contributed by atoms with E-state index in [1.54, 1.807) is 0 Å². The van der Waals surface area contributed by atoms with Crippen LogP contribution in [0.25, 0.3) is 33.4 Å². The topological polar surface area (TPSA) is 29.3 Å². The summed E-state index contributed by atoms with van der Waals surface area (Å²) in [6.45, 7) is 2.93. The van der Waals surface area contributed by atoms with E-state index in [9.17, 15) is 0 Å². The Labute approximate surface area is 312 Å². The van der Waals surface area contributed by atoms with Crippen LogP contribution in [0.5, 0.6) is 0 Å². The van der Waals surface area contributed by atoms with Crippen LogP contribution in [0.3, 0.4) is 0 Å². The Kier molecular flexibility index (Phi) is 7.00. The van der Waals surface area contributed by atoms with Crippen molar-refractivity contribution in [2.24, 2.45) is 5.73 Å². The first-order valence-corrected chi connectivity index (χ1v) is 18.6. The van der Waals surface area contributed by atoms with Crippen molar-refractivity contribution in [3.63, 3.8) is 0 Å². The molecule has 0 heterocycles. The second-order valence-corrected chi connectivity index (χ2v) is 14.5. The van der Waals surface area contributed by atoms with Crippen molar-refractivity contribution in [3.05, 3.63) is 238 Å². The van der Waals surface area contributed by atoms with Gasteiger partial charge in [-0.25, -0.2) is 0 Å². The summed E-state index contributed by atoms with van der Waals surface area (Å²) >= 11 is 0. The molecule has 254 valence electrons. The average molecular weight is 681 g/mol. The fourth-order valence-electron chi connectivity index (χ4n) is 10.3. The van der Waals surface area contributed by atoms with E-state index in [4.69, 9.17) is 5.73 Å². The Morgan fingerprint density at radius 2 is 0.849 bits per heavy atom. The molecule has 0 saturated carbocycles. The van der Waals surface area contributed by atoms with Crippen LogP contribution in [0.2, 0.25) is 0 Å². The molecule has 4 aliphatic rings. The molecule has 0 aliphatic heterocycles. The van der Waals surface area contributed by atoms with E-state index < -0.39 is 5.41 Å². The van der Waals surface area contributed by atoms with Crippen molar-refractivity contribution in [1.29, 1.82) is 0 Å². The number of rotatable bonds is 4. The first-order chi connectivity index (χ1) is 26.1. The normalized spacial score (nSPS) is 19.3. The van der Waals surface area contributed by atoms with E-state index >= 15 is 0 Å². The molecule has 0 fully saturated rings. The van der Waals surface area contributed by atoms with Crippen molar-refractivity contribution in [3.8, 4) is 22.3 Å². The highest BCUT2D eigenvalue weighted by Gasteiger charge is 2.54. The summed E-state index contributed by atoms with van der Waals surface area (Å²) < 4.78 is 0. The van der Waals surface area contributed by atoms with Gasteiger partial charge in [0.25, 0.3) is 0 Å². The molecule has 2 N–H and O–H groups in total.